The van der Waals surface area contributed by atoms with E-state index in [9.17, 15) is 5.11 Å². The molecule has 0 spiro atoms. The molecule has 0 saturated heterocycles. The summed E-state index contributed by atoms with van der Waals surface area (Å²) in [7, 11) is 0. The Morgan fingerprint density at radius 3 is 2.50 bits per heavy atom. The molecule has 0 amide bonds. The number of aliphatic hydroxyl groups is 1. The quantitative estimate of drug-likeness (QED) is 0.708. The van der Waals surface area contributed by atoms with Crippen molar-refractivity contribution < 1.29 is 5.11 Å². The monoisotopic (exact) mass is 191 g/mol. The molecular formula is C12H17NO. The lowest BCUT2D eigenvalue weighted by Crippen LogP contribution is -2.52. The standard InChI is InChI=1S/C12H17NO/c1-8-3-4-11(9(2)5-8)12(13)6-10(14)7-12/h3-5,10,14H,6-7,13H2,1-2H3. The topological polar surface area (TPSA) is 46.2 Å². The van der Waals surface area contributed by atoms with Crippen LogP contribution >= 0.6 is 0 Å². The smallest absolute Gasteiger partial charge is 0.0582 e. The van der Waals surface area contributed by atoms with Gasteiger partial charge in [-0.2, -0.15) is 0 Å². The second kappa shape index (κ2) is 3.07. The molecule has 1 saturated carbocycles. The third-order valence-electron chi connectivity index (χ3n) is 3.12. The Kier molecular flexibility index (Phi) is 2.13. The Morgan fingerprint density at radius 1 is 1.36 bits per heavy atom. The molecule has 76 valence electrons. The van der Waals surface area contributed by atoms with Crippen LogP contribution in [-0.2, 0) is 5.54 Å². The van der Waals surface area contributed by atoms with Crippen molar-refractivity contribution >= 4 is 0 Å². The summed E-state index contributed by atoms with van der Waals surface area (Å²) in [6.45, 7) is 4.16. The lowest BCUT2D eigenvalue weighted by atomic mass is 9.69. The first-order valence-electron chi connectivity index (χ1n) is 5.06. The van der Waals surface area contributed by atoms with Gasteiger partial charge in [0.1, 0.15) is 0 Å². The Labute approximate surface area is 84.7 Å². The van der Waals surface area contributed by atoms with Crippen LogP contribution in [0.25, 0.3) is 0 Å². The maximum atomic E-state index is 9.31. The average molecular weight is 191 g/mol. The number of nitrogens with two attached hydrogens (primary N) is 1. The van der Waals surface area contributed by atoms with Gasteiger partial charge in [-0.1, -0.05) is 23.8 Å². The van der Waals surface area contributed by atoms with E-state index in [0.29, 0.717) is 12.8 Å². The first-order chi connectivity index (χ1) is 6.51. The van der Waals surface area contributed by atoms with Crippen molar-refractivity contribution in [3.63, 3.8) is 0 Å². The molecule has 0 radical (unpaired) electrons. The normalized spacial score (nSPS) is 31.3. The SMILES string of the molecule is Cc1ccc(C2(N)CC(O)C2)c(C)c1. The van der Waals surface area contributed by atoms with Gasteiger partial charge in [-0.05, 0) is 37.8 Å². The zero-order chi connectivity index (χ0) is 10.3. The minimum absolute atomic E-state index is 0.208. The molecule has 3 N–H and O–H groups in total. The number of aliphatic hydroxyl groups excluding tert-OH is 1. The molecule has 2 rings (SSSR count). The largest absolute Gasteiger partial charge is 0.393 e. The summed E-state index contributed by atoms with van der Waals surface area (Å²) in [5.41, 5.74) is 9.61. The van der Waals surface area contributed by atoms with Crippen LogP contribution in [0.15, 0.2) is 18.2 Å². The molecule has 0 unspecified atom stereocenters. The molecule has 1 fully saturated rings. The summed E-state index contributed by atoms with van der Waals surface area (Å²) in [4.78, 5) is 0. The third-order valence-corrected chi connectivity index (χ3v) is 3.12. The number of aryl methyl sites for hydroxylation is 2. The lowest BCUT2D eigenvalue weighted by Gasteiger charge is -2.43. The van der Waals surface area contributed by atoms with E-state index >= 15 is 0 Å². The highest BCUT2D eigenvalue weighted by Gasteiger charge is 2.42. The third kappa shape index (κ3) is 1.45. The molecule has 1 aromatic carbocycles. The van der Waals surface area contributed by atoms with Crippen LogP contribution in [-0.4, -0.2) is 11.2 Å². The van der Waals surface area contributed by atoms with Crippen LogP contribution < -0.4 is 5.73 Å². The van der Waals surface area contributed by atoms with Crippen molar-refractivity contribution in [3.8, 4) is 0 Å². The Bertz CT molecular complexity index is 353. The molecule has 0 aromatic heterocycles. The van der Waals surface area contributed by atoms with Gasteiger partial charge in [-0.15, -0.1) is 0 Å². The molecule has 0 atom stereocenters. The van der Waals surface area contributed by atoms with Gasteiger partial charge in [0.15, 0.2) is 0 Å². The fourth-order valence-electron chi connectivity index (χ4n) is 2.37. The first-order valence-corrected chi connectivity index (χ1v) is 5.06. The van der Waals surface area contributed by atoms with Crippen LogP contribution in [0.3, 0.4) is 0 Å². The molecule has 1 aliphatic carbocycles. The van der Waals surface area contributed by atoms with E-state index in [4.69, 9.17) is 5.73 Å². The van der Waals surface area contributed by atoms with Crippen molar-refractivity contribution in [1.82, 2.24) is 0 Å². The summed E-state index contributed by atoms with van der Waals surface area (Å²) in [6.07, 6.45) is 1.18. The molecular weight excluding hydrogens is 174 g/mol. The molecule has 0 heterocycles. The molecule has 2 heteroatoms. The van der Waals surface area contributed by atoms with Gasteiger partial charge in [-0.3, -0.25) is 0 Å². The highest BCUT2D eigenvalue weighted by atomic mass is 16.3. The van der Waals surface area contributed by atoms with Crippen LogP contribution in [0.2, 0.25) is 0 Å². The van der Waals surface area contributed by atoms with Gasteiger partial charge in [-0.25, -0.2) is 0 Å². The average Bonchev–Trinajstić information content (AvgIpc) is 2.00. The molecule has 0 aliphatic heterocycles. The fourth-order valence-corrected chi connectivity index (χ4v) is 2.37. The van der Waals surface area contributed by atoms with Crippen molar-refractivity contribution in [2.75, 3.05) is 0 Å². The molecule has 0 bridgehead atoms. The van der Waals surface area contributed by atoms with Crippen molar-refractivity contribution in [2.24, 2.45) is 5.73 Å². The van der Waals surface area contributed by atoms with Crippen molar-refractivity contribution in [1.29, 1.82) is 0 Å². The molecule has 1 aromatic rings. The van der Waals surface area contributed by atoms with Gasteiger partial charge in [0.2, 0.25) is 0 Å². The molecule has 14 heavy (non-hydrogen) atoms. The number of benzene rings is 1. The highest BCUT2D eigenvalue weighted by Crippen LogP contribution is 2.40. The van der Waals surface area contributed by atoms with E-state index in [-0.39, 0.29) is 11.6 Å². The predicted molar refractivity (Wildman–Crippen MR) is 57.0 cm³/mol. The Hall–Kier alpha value is -0.860. The van der Waals surface area contributed by atoms with Gasteiger partial charge >= 0.3 is 0 Å². The fraction of sp³-hybridized carbons (Fsp3) is 0.500. The van der Waals surface area contributed by atoms with E-state index in [1.807, 2.05) is 0 Å². The second-order valence-electron chi connectivity index (χ2n) is 4.54. The van der Waals surface area contributed by atoms with Gasteiger partial charge < -0.3 is 10.8 Å². The lowest BCUT2D eigenvalue weighted by molar-refractivity contribution is 0.0206. The number of hydrogen-bond acceptors (Lipinski definition) is 2. The first kappa shape index (κ1) is 9.69. The second-order valence-corrected chi connectivity index (χ2v) is 4.54. The van der Waals surface area contributed by atoms with Gasteiger partial charge in [0.25, 0.3) is 0 Å². The van der Waals surface area contributed by atoms with Crippen LogP contribution in [0.1, 0.15) is 29.5 Å². The molecule has 1 aliphatic rings. The van der Waals surface area contributed by atoms with Crippen LogP contribution in [0.4, 0.5) is 0 Å². The zero-order valence-corrected chi connectivity index (χ0v) is 8.75. The van der Waals surface area contributed by atoms with Crippen molar-refractivity contribution in [3.05, 3.63) is 34.9 Å². The summed E-state index contributed by atoms with van der Waals surface area (Å²) in [5, 5.41) is 9.31. The van der Waals surface area contributed by atoms with E-state index in [1.165, 1.54) is 16.7 Å². The maximum Gasteiger partial charge on any atom is 0.0582 e. The van der Waals surface area contributed by atoms with Crippen LogP contribution in [0, 0.1) is 13.8 Å². The van der Waals surface area contributed by atoms with E-state index in [2.05, 4.69) is 32.0 Å². The summed E-state index contributed by atoms with van der Waals surface area (Å²) < 4.78 is 0. The number of rotatable bonds is 1. The zero-order valence-electron chi connectivity index (χ0n) is 8.75. The summed E-state index contributed by atoms with van der Waals surface area (Å²) in [5.74, 6) is 0. The van der Waals surface area contributed by atoms with Gasteiger partial charge in [0.05, 0.1) is 6.10 Å². The highest BCUT2D eigenvalue weighted by molar-refractivity contribution is 5.37. The van der Waals surface area contributed by atoms with E-state index in [0.717, 1.165) is 0 Å². The Morgan fingerprint density at radius 2 is 2.00 bits per heavy atom. The minimum Gasteiger partial charge on any atom is -0.393 e. The predicted octanol–water partition coefficient (Wildman–Crippen LogP) is 1.61. The van der Waals surface area contributed by atoms with Crippen molar-refractivity contribution in [2.45, 2.75) is 38.3 Å². The maximum absolute atomic E-state index is 9.31. The van der Waals surface area contributed by atoms with Crippen LogP contribution in [0.5, 0.6) is 0 Å². The van der Waals surface area contributed by atoms with Gasteiger partial charge in [0, 0.05) is 5.54 Å². The summed E-state index contributed by atoms with van der Waals surface area (Å²) >= 11 is 0. The summed E-state index contributed by atoms with van der Waals surface area (Å²) in [6, 6.07) is 6.33. The molecule has 2 nitrogen and oxygen atoms in total. The van der Waals surface area contributed by atoms with E-state index < -0.39 is 0 Å². The minimum atomic E-state index is -0.281. The Balaban J connectivity index is 2.33. The number of hydrogen-bond donors (Lipinski definition) is 2. The van der Waals surface area contributed by atoms with E-state index in [1.54, 1.807) is 0 Å².